The highest BCUT2D eigenvalue weighted by Gasteiger charge is 2.15. The number of rotatable bonds is 6. The van der Waals surface area contributed by atoms with Gasteiger partial charge in [0.05, 0.1) is 6.61 Å². The molecule has 0 unspecified atom stereocenters. The quantitative estimate of drug-likeness (QED) is 0.518. The number of anilines is 1. The van der Waals surface area contributed by atoms with Crippen molar-refractivity contribution in [1.29, 1.82) is 0 Å². The molecular formula is C19H22FN3O3S. The zero-order valence-electron chi connectivity index (χ0n) is 15.3. The van der Waals surface area contributed by atoms with E-state index in [9.17, 15) is 9.18 Å². The minimum atomic E-state index is -0.755. The smallest absolute Gasteiger partial charge is 0.279 e. The number of benzene rings is 2. The molecule has 0 aliphatic carbocycles. The number of hydrogen-bond donors (Lipinski definition) is 3. The Morgan fingerprint density at radius 2 is 1.81 bits per heavy atom. The fourth-order valence-electron chi connectivity index (χ4n) is 2.09. The zero-order chi connectivity index (χ0) is 19.8. The van der Waals surface area contributed by atoms with Crippen LogP contribution in [-0.2, 0) is 4.79 Å². The molecule has 0 spiro atoms. The monoisotopic (exact) mass is 391 g/mol. The van der Waals surface area contributed by atoms with E-state index in [1.165, 1.54) is 6.07 Å². The molecule has 2 aromatic rings. The van der Waals surface area contributed by atoms with Gasteiger partial charge in [-0.25, -0.2) is 4.39 Å². The van der Waals surface area contributed by atoms with Gasteiger partial charge in [-0.2, -0.15) is 0 Å². The molecule has 0 saturated heterocycles. The molecule has 3 N–H and O–H groups in total. The lowest BCUT2D eigenvalue weighted by atomic mass is 10.2. The highest BCUT2D eigenvalue weighted by atomic mass is 32.1. The molecule has 0 aliphatic rings. The Kier molecular flexibility index (Phi) is 7.36. The van der Waals surface area contributed by atoms with Crippen LogP contribution in [0.1, 0.15) is 19.4 Å². The van der Waals surface area contributed by atoms with E-state index in [1.807, 2.05) is 6.92 Å². The predicted molar refractivity (Wildman–Crippen MR) is 106 cm³/mol. The Balaban J connectivity index is 1.79. The largest absolute Gasteiger partial charge is 0.494 e. The average molecular weight is 391 g/mol. The van der Waals surface area contributed by atoms with Crippen LogP contribution >= 0.6 is 12.2 Å². The number of carbonyl (C=O) groups is 1. The number of carbonyl (C=O) groups excluding carboxylic acids is 1. The first-order chi connectivity index (χ1) is 12.9. The third-order valence-corrected chi connectivity index (χ3v) is 3.75. The highest BCUT2D eigenvalue weighted by molar-refractivity contribution is 7.80. The van der Waals surface area contributed by atoms with Gasteiger partial charge in [-0.15, -0.1) is 0 Å². The van der Waals surface area contributed by atoms with E-state index in [4.69, 9.17) is 21.7 Å². The molecule has 0 bridgehead atoms. The lowest BCUT2D eigenvalue weighted by molar-refractivity contribution is -0.127. The summed E-state index contributed by atoms with van der Waals surface area (Å²) in [4.78, 5) is 12.1. The first-order valence-corrected chi connectivity index (χ1v) is 8.82. The van der Waals surface area contributed by atoms with Crippen LogP contribution in [0.5, 0.6) is 11.5 Å². The molecule has 0 saturated carbocycles. The Morgan fingerprint density at radius 1 is 1.15 bits per heavy atom. The third-order valence-electron chi connectivity index (χ3n) is 3.55. The molecule has 0 heterocycles. The van der Waals surface area contributed by atoms with Crippen LogP contribution in [0.2, 0.25) is 0 Å². The van der Waals surface area contributed by atoms with Crippen molar-refractivity contribution < 1.29 is 18.7 Å². The fourth-order valence-corrected chi connectivity index (χ4v) is 2.26. The fraction of sp³-hybridized carbons (Fsp3) is 0.263. The van der Waals surface area contributed by atoms with Crippen molar-refractivity contribution in [3.8, 4) is 11.5 Å². The van der Waals surface area contributed by atoms with Crippen LogP contribution in [0, 0.1) is 12.7 Å². The van der Waals surface area contributed by atoms with Gasteiger partial charge in [0, 0.05) is 5.69 Å². The van der Waals surface area contributed by atoms with E-state index < -0.39 is 12.0 Å². The molecule has 0 fully saturated rings. The summed E-state index contributed by atoms with van der Waals surface area (Å²) < 4.78 is 24.4. The maximum atomic E-state index is 13.5. The van der Waals surface area contributed by atoms with Gasteiger partial charge >= 0.3 is 0 Å². The minimum Gasteiger partial charge on any atom is -0.494 e. The van der Waals surface area contributed by atoms with E-state index in [-0.39, 0.29) is 10.9 Å². The molecule has 144 valence electrons. The molecule has 8 heteroatoms. The molecule has 2 rings (SSSR count). The maximum Gasteiger partial charge on any atom is 0.279 e. The van der Waals surface area contributed by atoms with Gasteiger partial charge in [0.25, 0.3) is 5.91 Å². The highest BCUT2D eigenvalue weighted by Crippen LogP contribution is 2.18. The Bertz CT molecular complexity index is 799. The van der Waals surface area contributed by atoms with Gasteiger partial charge in [0.2, 0.25) is 0 Å². The number of nitrogens with one attached hydrogen (secondary N) is 3. The summed E-state index contributed by atoms with van der Waals surface area (Å²) in [5, 5.41) is 2.91. The molecule has 0 aliphatic heterocycles. The Labute approximate surface area is 163 Å². The molecule has 0 radical (unpaired) electrons. The minimum absolute atomic E-state index is 0.125. The van der Waals surface area contributed by atoms with Crippen molar-refractivity contribution in [3.05, 3.63) is 53.8 Å². The van der Waals surface area contributed by atoms with Crippen molar-refractivity contribution in [2.24, 2.45) is 0 Å². The normalized spacial score (nSPS) is 11.3. The third kappa shape index (κ3) is 6.41. The van der Waals surface area contributed by atoms with Crippen LogP contribution < -0.4 is 25.6 Å². The summed E-state index contributed by atoms with van der Waals surface area (Å²) in [7, 11) is 0. The topological polar surface area (TPSA) is 71.6 Å². The number of hydrazine groups is 1. The van der Waals surface area contributed by atoms with Gasteiger partial charge in [0.15, 0.2) is 11.2 Å². The van der Waals surface area contributed by atoms with E-state index in [1.54, 1.807) is 50.2 Å². The number of hydrogen-bond acceptors (Lipinski definition) is 4. The van der Waals surface area contributed by atoms with Crippen LogP contribution in [0.3, 0.4) is 0 Å². The second-order valence-corrected chi connectivity index (χ2v) is 6.11. The zero-order valence-corrected chi connectivity index (χ0v) is 16.2. The first-order valence-electron chi connectivity index (χ1n) is 8.41. The summed E-state index contributed by atoms with van der Waals surface area (Å²) in [5.41, 5.74) is 6.01. The lowest BCUT2D eigenvalue weighted by Gasteiger charge is -2.17. The molecule has 6 nitrogen and oxygen atoms in total. The van der Waals surface area contributed by atoms with Gasteiger partial charge in [-0.1, -0.05) is 6.07 Å². The van der Waals surface area contributed by atoms with Crippen molar-refractivity contribution >= 4 is 28.9 Å². The summed E-state index contributed by atoms with van der Waals surface area (Å²) in [5.74, 6) is 0.511. The van der Waals surface area contributed by atoms with Crippen molar-refractivity contribution in [1.82, 2.24) is 10.9 Å². The second kappa shape index (κ2) is 9.72. The summed E-state index contributed by atoms with van der Waals surface area (Å²) in [6, 6.07) is 11.6. The number of halogens is 1. The Morgan fingerprint density at radius 3 is 2.44 bits per heavy atom. The summed E-state index contributed by atoms with van der Waals surface area (Å²) in [6.07, 6.45) is -0.755. The van der Waals surface area contributed by atoms with E-state index in [0.717, 1.165) is 5.75 Å². The number of thiocarbonyl (C=S) groups is 1. The first kappa shape index (κ1) is 20.4. The molecule has 1 atom stereocenters. The number of aryl methyl sites for hydroxylation is 1. The predicted octanol–water partition coefficient (Wildman–Crippen LogP) is 3.32. The SMILES string of the molecule is CCOc1ccc(O[C@@H](C)C(=O)NNC(=S)Nc2ccc(C)c(F)c2)cc1. The lowest BCUT2D eigenvalue weighted by Crippen LogP contribution is -2.48. The van der Waals surface area contributed by atoms with Crippen molar-refractivity contribution in [3.63, 3.8) is 0 Å². The van der Waals surface area contributed by atoms with Gasteiger partial charge < -0.3 is 14.8 Å². The second-order valence-electron chi connectivity index (χ2n) is 5.70. The van der Waals surface area contributed by atoms with E-state index in [2.05, 4.69) is 16.2 Å². The Hall–Kier alpha value is -2.87. The average Bonchev–Trinajstić information content (AvgIpc) is 2.64. The number of amides is 1. The molecule has 27 heavy (non-hydrogen) atoms. The van der Waals surface area contributed by atoms with E-state index in [0.29, 0.717) is 23.6 Å². The van der Waals surface area contributed by atoms with Crippen molar-refractivity contribution in [2.45, 2.75) is 26.9 Å². The standard InChI is InChI=1S/C19H22FN3O3S/c1-4-25-15-7-9-16(10-8-15)26-13(3)18(24)22-23-19(27)21-14-6-5-12(2)17(20)11-14/h5-11,13H,4H2,1-3H3,(H,22,24)(H2,21,23,27)/t13-/m0/s1. The maximum absolute atomic E-state index is 13.5. The number of ether oxygens (including phenoxy) is 2. The van der Waals surface area contributed by atoms with E-state index >= 15 is 0 Å². The van der Waals surface area contributed by atoms with Crippen molar-refractivity contribution in [2.75, 3.05) is 11.9 Å². The van der Waals surface area contributed by atoms with Crippen LogP contribution in [0.15, 0.2) is 42.5 Å². The molecule has 0 aromatic heterocycles. The van der Waals surface area contributed by atoms with Gasteiger partial charge in [0.1, 0.15) is 17.3 Å². The van der Waals surface area contributed by atoms with Gasteiger partial charge in [-0.3, -0.25) is 15.6 Å². The summed E-state index contributed by atoms with van der Waals surface area (Å²) >= 11 is 5.07. The molecular weight excluding hydrogens is 369 g/mol. The molecule has 2 aromatic carbocycles. The molecule has 1 amide bonds. The van der Waals surface area contributed by atoms with Crippen LogP contribution in [0.25, 0.3) is 0 Å². The van der Waals surface area contributed by atoms with Crippen LogP contribution in [0.4, 0.5) is 10.1 Å². The summed E-state index contributed by atoms with van der Waals surface area (Å²) in [6.45, 7) is 5.76. The van der Waals surface area contributed by atoms with Gasteiger partial charge in [-0.05, 0) is 75.0 Å². The van der Waals surface area contributed by atoms with Crippen LogP contribution in [-0.4, -0.2) is 23.7 Å².